The van der Waals surface area contributed by atoms with Crippen molar-refractivity contribution in [2.45, 2.75) is 63.8 Å². The van der Waals surface area contributed by atoms with Crippen LogP contribution in [0.2, 0.25) is 0 Å². The van der Waals surface area contributed by atoms with Gasteiger partial charge in [-0.05, 0) is 65.8 Å². The summed E-state index contributed by atoms with van der Waals surface area (Å²) in [6.07, 6.45) is 5.85. The first kappa shape index (κ1) is 20.0. The minimum absolute atomic E-state index is 0.103. The lowest BCUT2D eigenvalue weighted by Gasteiger charge is -2.43. The molecule has 1 spiro atoms. The number of hydrogen-bond acceptors (Lipinski definition) is 4. The van der Waals surface area contributed by atoms with E-state index in [-0.39, 0.29) is 17.6 Å². The number of para-hydroxylation sites is 1. The van der Waals surface area contributed by atoms with E-state index in [9.17, 15) is 4.79 Å². The van der Waals surface area contributed by atoms with Crippen molar-refractivity contribution < 1.29 is 9.53 Å². The highest BCUT2D eigenvalue weighted by Gasteiger charge is 2.43. The van der Waals surface area contributed by atoms with Crippen LogP contribution in [0.4, 0.5) is 0 Å². The quantitative estimate of drug-likeness (QED) is 0.798. The molecule has 1 aromatic carbocycles. The summed E-state index contributed by atoms with van der Waals surface area (Å²) >= 11 is 0. The van der Waals surface area contributed by atoms with Crippen LogP contribution < -0.4 is 4.74 Å². The van der Waals surface area contributed by atoms with Crippen LogP contribution >= 0.6 is 0 Å². The number of carbonyl (C=O) groups excluding carboxylic acids is 1. The summed E-state index contributed by atoms with van der Waals surface area (Å²) in [5, 5.41) is 4.37. The fourth-order valence-electron chi connectivity index (χ4n) is 4.82. The zero-order chi connectivity index (χ0) is 20.6. The maximum absolute atomic E-state index is 13.5. The molecule has 1 aliphatic heterocycles. The molecule has 1 amide bonds. The molecule has 6 heteroatoms. The Hall–Kier alpha value is -2.34. The number of benzene rings is 1. The van der Waals surface area contributed by atoms with Gasteiger partial charge in [0.1, 0.15) is 17.4 Å². The summed E-state index contributed by atoms with van der Waals surface area (Å²) in [5.74, 6) is 1.03. The van der Waals surface area contributed by atoms with E-state index in [1.165, 1.54) is 0 Å². The van der Waals surface area contributed by atoms with Crippen molar-refractivity contribution in [2.75, 3.05) is 20.6 Å². The van der Waals surface area contributed by atoms with Crippen molar-refractivity contribution in [1.29, 1.82) is 0 Å². The molecule has 29 heavy (non-hydrogen) atoms. The first-order valence-electron chi connectivity index (χ1n) is 10.6. The average Bonchev–Trinajstić information content (AvgIpc) is 3.06. The molecule has 1 atom stereocenters. The van der Waals surface area contributed by atoms with Gasteiger partial charge in [0.05, 0.1) is 6.54 Å². The molecule has 2 aromatic rings. The van der Waals surface area contributed by atoms with Crippen LogP contribution in [0.1, 0.15) is 49.9 Å². The van der Waals surface area contributed by atoms with Gasteiger partial charge in [0.2, 0.25) is 5.91 Å². The van der Waals surface area contributed by atoms with Crippen molar-refractivity contribution in [3.05, 3.63) is 47.8 Å². The third kappa shape index (κ3) is 3.90. The van der Waals surface area contributed by atoms with E-state index in [1.54, 1.807) is 6.20 Å². The predicted octanol–water partition coefficient (Wildman–Crippen LogP) is 3.42. The second-order valence-electron chi connectivity index (χ2n) is 8.88. The maximum atomic E-state index is 13.5. The summed E-state index contributed by atoms with van der Waals surface area (Å²) in [6.45, 7) is 5.14. The van der Waals surface area contributed by atoms with E-state index in [0.29, 0.717) is 19.1 Å². The van der Waals surface area contributed by atoms with Gasteiger partial charge in [-0.25, -0.2) is 0 Å². The van der Waals surface area contributed by atoms with E-state index in [4.69, 9.17) is 4.74 Å². The van der Waals surface area contributed by atoms with Crippen LogP contribution in [0.5, 0.6) is 5.75 Å². The molecule has 1 aliphatic carbocycles. The number of carbonyl (C=O) groups is 1. The van der Waals surface area contributed by atoms with Crippen LogP contribution in [0, 0.1) is 6.92 Å². The number of aryl methyl sites for hydroxylation is 1. The monoisotopic (exact) mass is 396 g/mol. The Morgan fingerprint density at radius 1 is 1.24 bits per heavy atom. The first-order valence-corrected chi connectivity index (χ1v) is 10.6. The largest absolute Gasteiger partial charge is 0.485 e. The Morgan fingerprint density at radius 3 is 2.62 bits per heavy atom. The SMILES string of the molecule is Cc1ccnn1[C@H](C)C(=O)N1Cc2ccccc2OC2(CCC(N(C)C)CC2)C1. The Morgan fingerprint density at radius 2 is 1.97 bits per heavy atom. The molecular weight excluding hydrogens is 364 g/mol. The van der Waals surface area contributed by atoms with Crippen molar-refractivity contribution in [3.63, 3.8) is 0 Å². The van der Waals surface area contributed by atoms with E-state index in [0.717, 1.165) is 42.7 Å². The second-order valence-corrected chi connectivity index (χ2v) is 8.88. The van der Waals surface area contributed by atoms with Crippen molar-refractivity contribution in [3.8, 4) is 5.75 Å². The fraction of sp³-hybridized carbons (Fsp3) is 0.565. The van der Waals surface area contributed by atoms with Gasteiger partial charge in [0.25, 0.3) is 0 Å². The van der Waals surface area contributed by atoms with Crippen LogP contribution in [0.25, 0.3) is 0 Å². The zero-order valence-corrected chi connectivity index (χ0v) is 18.0. The molecule has 2 heterocycles. The minimum atomic E-state index is -0.328. The van der Waals surface area contributed by atoms with Crippen molar-refractivity contribution >= 4 is 5.91 Å². The summed E-state index contributed by atoms with van der Waals surface area (Å²) < 4.78 is 8.47. The smallest absolute Gasteiger partial charge is 0.247 e. The topological polar surface area (TPSA) is 50.6 Å². The molecule has 4 rings (SSSR count). The summed E-state index contributed by atoms with van der Waals surface area (Å²) in [7, 11) is 4.30. The third-order valence-corrected chi connectivity index (χ3v) is 6.64. The number of amides is 1. The Kier molecular flexibility index (Phi) is 5.38. The molecule has 156 valence electrons. The molecule has 1 saturated carbocycles. The molecular formula is C23H32N4O2. The lowest BCUT2D eigenvalue weighted by atomic mass is 9.81. The van der Waals surface area contributed by atoms with Gasteiger partial charge in [-0.3, -0.25) is 9.48 Å². The number of hydrogen-bond donors (Lipinski definition) is 0. The predicted molar refractivity (Wildman–Crippen MR) is 113 cm³/mol. The van der Waals surface area contributed by atoms with Gasteiger partial charge >= 0.3 is 0 Å². The molecule has 6 nitrogen and oxygen atoms in total. The summed E-state index contributed by atoms with van der Waals surface area (Å²) in [4.78, 5) is 17.8. The maximum Gasteiger partial charge on any atom is 0.247 e. The highest BCUT2D eigenvalue weighted by Crippen LogP contribution is 2.39. The first-order chi connectivity index (χ1) is 13.9. The number of nitrogens with zero attached hydrogens (tertiary/aromatic N) is 4. The molecule has 2 aliphatic rings. The molecule has 0 unspecified atom stereocenters. The van der Waals surface area contributed by atoms with Gasteiger partial charge in [0, 0.05) is 30.0 Å². The van der Waals surface area contributed by atoms with E-state index in [2.05, 4.69) is 30.2 Å². The van der Waals surface area contributed by atoms with Crippen molar-refractivity contribution in [1.82, 2.24) is 19.6 Å². The van der Waals surface area contributed by atoms with Gasteiger partial charge in [-0.2, -0.15) is 5.10 Å². The zero-order valence-electron chi connectivity index (χ0n) is 18.0. The molecule has 0 radical (unpaired) electrons. The molecule has 1 fully saturated rings. The van der Waals surface area contributed by atoms with Crippen LogP contribution in [-0.4, -0.2) is 57.8 Å². The van der Waals surface area contributed by atoms with Crippen LogP contribution in [0.15, 0.2) is 36.5 Å². The summed E-state index contributed by atoms with van der Waals surface area (Å²) in [5.41, 5.74) is 1.77. The van der Waals surface area contributed by atoms with Gasteiger partial charge in [-0.1, -0.05) is 18.2 Å². The van der Waals surface area contributed by atoms with Crippen LogP contribution in [0.3, 0.4) is 0 Å². The molecule has 0 bridgehead atoms. The van der Waals surface area contributed by atoms with E-state index in [1.807, 2.05) is 47.7 Å². The average molecular weight is 397 g/mol. The van der Waals surface area contributed by atoms with E-state index < -0.39 is 0 Å². The number of fused-ring (bicyclic) bond motifs is 1. The minimum Gasteiger partial charge on any atom is -0.485 e. The molecule has 0 N–H and O–H groups in total. The number of aromatic nitrogens is 2. The fourth-order valence-corrected chi connectivity index (χ4v) is 4.82. The summed E-state index contributed by atoms with van der Waals surface area (Å²) in [6, 6.07) is 10.4. The highest BCUT2D eigenvalue weighted by atomic mass is 16.5. The lowest BCUT2D eigenvalue weighted by Crippen LogP contribution is -2.52. The highest BCUT2D eigenvalue weighted by molar-refractivity contribution is 5.80. The Labute approximate surface area is 173 Å². The van der Waals surface area contributed by atoms with E-state index >= 15 is 0 Å². The molecule has 1 aromatic heterocycles. The second kappa shape index (κ2) is 7.82. The molecule has 0 saturated heterocycles. The van der Waals surface area contributed by atoms with Gasteiger partial charge < -0.3 is 14.5 Å². The Balaban J connectivity index is 1.62. The van der Waals surface area contributed by atoms with Crippen LogP contribution in [-0.2, 0) is 11.3 Å². The number of rotatable bonds is 3. The Bertz CT molecular complexity index is 867. The van der Waals surface area contributed by atoms with Gasteiger partial charge in [0.15, 0.2) is 0 Å². The lowest BCUT2D eigenvalue weighted by molar-refractivity contribution is -0.138. The van der Waals surface area contributed by atoms with Crippen molar-refractivity contribution in [2.24, 2.45) is 0 Å². The number of ether oxygens (including phenoxy) is 1. The third-order valence-electron chi connectivity index (χ3n) is 6.64. The van der Waals surface area contributed by atoms with Gasteiger partial charge in [-0.15, -0.1) is 0 Å². The normalized spacial score (nSPS) is 25.4. The standard InChI is InChI=1S/C23H32N4O2/c1-17-11-14-24-27(17)18(2)22(28)26-15-19-7-5-6-8-21(19)29-23(16-26)12-9-20(10-13-23)25(3)4/h5-8,11,14,18,20H,9-10,12-13,15-16H2,1-4H3/t18-,20?,23?/m1/s1.